The Balaban J connectivity index is 1.81. The maximum absolute atomic E-state index is 11.5. The molecule has 2 aromatic heterocycles. The van der Waals surface area contributed by atoms with Crippen LogP contribution in [0.4, 0.5) is 0 Å². The van der Waals surface area contributed by atoms with Gasteiger partial charge in [0.25, 0.3) is 0 Å². The Hall–Kier alpha value is -1.77. The third kappa shape index (κ3) is 5.12. The van der Waals surface area contributed by atoms with Crippen molar-refractivity contribution in [1.82, 2.24) is 24.8 Å². The summed E-state index contributed by atoms with van der Waals surface area (Å²) in [6.45, 7) is 4.30. The molecule has 0 atom stereocenters. The van der Waals surface area contributed by atoms with Crippen LogP contribution in [-0.2, 0) is 16.6 Å². The summed E-state index contributed by atoms with van der Waals surface area (Å²) < 4.78 is 24.5. The van der Waals surface area contributed by atoms with Crippen LogP contribution in [0.1, 0.15) is 18.9 Å². The lowest BCUT2D eigenvalue weighted by Gasteiger charge is -2.17. The summed E-state index contributed by atoms with van der Waals surface area (Å²) in [6, 6.07) is 3.87. The highest BCUT2D eigenvalue weighted by Crippen LogP contribution is 2.19. The number of sulfonamides is 1. The van der Waals surface area contributed by atoms with E-state index in [4.69, 9.17) is 0 Å². The van der Waals surface area contributed by atoms with Gasteiger partial charge in [-0.3, -0.25) is 10.1 Å². The van der Waals surface area contributed by atoms with E-state index in [1.54, 1.807) is 18.6 Å². The van der Waals surface area contributed by atoms with Gasteiger partial charge in [-0.15, -0.1) is 0 Å². The second-order valence-corrected chi connectivity index (χ2v) is 7.28. The molecule has 126 valence electrons. The lowest BCUT2D eigenvalue weighted by atomic mass is 10.1. The molecular weight excluding hydrogens is 314 g/mol. The van der Waals surface area contributed by atoms with E-state index in [9.17, 15) is 8.42 Å². The first-order chi connectivity index (χ1) is 11.0. The van der Waals surface area contributed by atoms with Crippen molar-refractivity contribution >= 4 is 10.0 Å². The number of aromatic nitrogens is 3. The van der Waals surface area contributed by atoms with E-state index in [2.05, 4.69) is 20.5 Å². The third-order valence-electron chi connectivity index (χ3n) is 3.57. The fourth-order valence-corrected chi connectivity index (χ4v) is 3.30. The number of nitrogens with zero attached hydrogens (tertiary/aromatic N) is 3. The van der Waals surface area contributed by atoms with Crippen LogP contribution >= 0.6 is 0 Å². The van der Waals surface area contributed by atoms with Gasteiger partial charge in [0.1, 0.15) is 0 Å². The molecule has 0 saturated heterocycles. The summed E-state index contributed by atoms with van der Waals surface area (Å²) in [5, 5.41) is 10.4. The van der Waals surface area contributed by atoms with Crippen LogP contribution < -0.4 is 5.32 Å². The monoisotopic (exact) mass is 337 g/mol. The predicted molar refractivity (Wildman–Crippen MR) is 90.2 cm³/mol. The van der Waals surface area contributed by atoms with Gasteiger partial charge < -0.3 is 5.32 Å². The highest BCUT2D eigenvalue weighted by atomic mass is 32.2. The van der Waals surface area contributed by atoms with Gasteiger partial charge in [0.2, 0.25) is 10.0 Å². The lowest BCUT2D eigenvalue weighted by Crippen LogP contribution is -2.32. The molecular formula is C15H23N5O2S. The van der Waals surface area contributed by atoms with Crippen molar-refractivity contribution in [3.63, 3.8) is 0 Å². The van der Waals surface area contributed by atoms with Crippen LogP contribution in [0.2, 0.25) is 0 Å². The minimum atomic E-state index is -3.10. The van der Waals surface area contributed by atoms with E-state index in [1.165, 1.54) is 10.6 Å². The zero-order valence-corrected chi connectivity index (χ0v) is 14.3. The fourth-order valence-electron chi connectivity index (χ4n) is 2.37. The van der Waals surface area contributed by atoms with Crippen LogP contribution in [-0.4, -0.2) is 53.8 Å². The van der Waals surface area contributed by atoms with Crippen LogP contribution in [0.5, 0.6) is 0 Å². The summed E-state index contributed by atoms with van der Waals surface area (Å²) in [5.41, 5.74) is 3.02. The Kier molecular flexibility index (Phi) is 6.26. The molecule has 2 rings (SSSR count). The molecule has 0 amide bonds. The number of nitrogens with one attached hydrogen (secondary N) is 2. The van der Waals surface area contributed by atoms with Gasteiger partial charge >= 0.3 is 0 Å². The highest BCUT2D eigenvalue weighted by Gasteiger charge is 2.13. The second-order valence-electron chi connectivity index (χ2n) is 5.30. The van der Waals surface area contributed by atoms with E-state index < -0.39 is 10.0 Å². The van der Waals surface area contributed by atoms with E-state index in [1.807, 2.05) is 19.1 Å². The second kappa shape index (κ2) is 8.19. The normalized spacial score (nSPS) is 12.0. The van der Waals surface area contributed by atoms with Crippen molar-refractivity contribution in [1.29, 1.82) is 0 Å². The van der Waals surface area contributed by atoms with Crippen LogP contribution in [0.25, 0.3) is 11.3 Å². The maximum Gasteiger partial charge on any atom is 0.211 e. The van der Waals surface area contributed by atoms with E-state index in [-0.39, 0.29) is 0 Å². The van der Waals surface area contributed by atoms with Gasteiger partial charge in [0, 0.05) is 43.2 Å². The van der Waals surface area contributed by atoms with Gasteiger partial charge in [-0.1, -0.05) is 6.92 Å². The Labute approximate surface area is 137 Å². The van der Waals surface area contributed by atoms with Crippen LogP contribution in [0.3, 0.4) is 0 Å². The minimum absolute atomic E-state index is 0.506. The summed E-state index contributed by atoms with van der Waals surface area (Å²) in [4.78, 5) is 4.11. The zero-order valence-electron chi connectivity index (χ0n) is 13.5. The molecule has 0 aromatic carbocycles. The average Bonchev–Trinajstić information content (AvgIpc) is 2.99. The molecule has 0 saturated carbocycles. The van der Waals surface area contributed by atoms with Crippen molar-refractivity contribution in [3.05, 3.63) is 36.3 Å². The molecule has 2 N–H and O–H groups in total. The van der Waals surface area contributed by atoms with Gasteiger partial charge in [-0.25, -0.2) is 12.7 Å². The summed E-state index contributed by atoms with van der Waals surface area (Å²) in [5.74, 6) is 0. The number of rotatable bonds is 9. The minimum Gasteiger partial charge on any atom is -0.312 e. The standard InChI is InChI=1S/C15H23N5O2S/c1-3-20(23(2,21)22)9-5-8-17-11-14-12-18-19-15(14)13-6-4-7-16-10-13/h4,6-7,10,12,17H,3,5,8-9,11H2,1-2H3,(H,18,19). The molecule has 0 aliphatic carbocycles. The average molecular weight is 337 g/mol. The van der Waals surface area contributed by atoms with Crippen molar-refractivity contribution in [2.45, 2.75) is 19.9 Å². The van der Waals surface area contributed by atoms with Gasteiger partial charge in [0.05, 0.1) is 18.1 Å². The number of hydrogen-bond donors (Lipinski definition) is 2. The molecule has 2 heterocycles. The van der Waals surface area contributed by atoms with E-state index in [0.29, 0.717) is 19.6 Å². The number of hydrogen-bond acceptors (Lipinski definition) is 5. The first-order valence-corrected chi connectivity index (χ1v) is 9.45. The predicted octanol–water partition coefficient (Wildman–Crippen LogP) is 1.23. The molecule has 0 bridgehead atoms. The SMILES string of the molecule is CCN(CCCNCc1cn[nH]c1-c1cccnc1)S(C)(=O)=O. The van der Waals surface area contributed by atoms with Gasteiger partial charge in [-0.05, 0) is 25.1 Å². The van der Waals surface area contributed by atoms with Crippen LogP contribution in [0.15, 0.2) is 30.7 Å². The summed E-state index contributed by atoms with van der Waals surface area (Å²) in [7, 11) is -3.10. The number of pyridine rings is 1. The molecule has 0 aliphatic heterocycles. The smallest absolute Gasteiger partial charge is 0.211 e. The first-order valence-electron chi connectivity index (χ1n) is 7.61. The zero-order chi connectivity index (χ0) is 16.7. The molecule has 2 aromatic rings. The van der Waals surface area contributed by atoms with Crippen molar-refractivity contribution in [2.75, 3.05) is 25.9 Å². The molecule has 0 aliphatic rings. The molecule has 23 heavy (non-hydrogen) atoms. The van der Waals surface area contributed by atoms with Crippen molar-refractivity contribution in [2.24, 2.45) is 0 Å². The largest absolute Gasteiger partial charge is 0.312 e. The van der Waals surface area contributed by atoms with E-state index in [0.717, 1.165) is 29.8 Å². The van der Waals surface area contributed by atoms with Gasteiger partial charge in [-0.2, -0.15) is 5.10 Å². The molecule has 0 unspecified atom stereocenters. The first kappa shape index (κ1) is 17.6. The molecule has 8 heteroatoms. The molecule has 0 spiro atoms. The molecule has 7 nitrogen and oxygen atoms in total. The number of H-pyrrole nitrogens is 1. The summed E-state index contributed by atoms with van der Waals surface area (Å²) in [6.07, 6.45) is 7.34. The Morgan fingerprint density at radius 3 is 2.83 bits per heavy atom. The summed E-state index contributed by atoms with van der Waals surface area (Å²) >= 11 is 0. The Morgan fingerprint density at radius 2 is 2.17 bits per heavy atom. The third-order valence-corrected chi connectivity index (χ3v) is 4.95. The topological polar surface area (TPSA) is 91.0 Å². The molecule has 0 fully saturated rings. The van der Waals surface area contributed by atoms with Crippen LogP contribution in [0, 0.1) is 0 Å². The van der Waals surface area contributed by atoms with Gasteiger partial charge in [0.15, 0.2) is 0 Å². The van der Waals surface area contributed by atoms with E-state index >= 15 is 0 Å². The maximum atomic E-state index is 11.5. The lowest BCUT2D eigenvalue weighted by molar-refractivity contribution is 0.419. The van der Waals surface area contributed by atoms with Crippen molar-refractivity contribution < 1.29 is 8.42 Å². The van der Waals surface area contributed by atoms with Crippen molar-refractivity contribution in [3.8, 4) is 11.3 Å². The number of aromatic amines is 1. The highest BCUT2D eigenvalue weighted by molar-refractivity contribution is 7.88. The quantitative estimate of drug-likeness (QED) is 0.672. The Bertz CT molecular complexity index is 700. The Morgan fingerprint density at radius 1 is 1.35 bits per heavy atom. The molecule has 0 radical (unpaired) electrons. The fraction of sp³-hybridized carbons (Fsp3) is 0.467.